The minimum Gasteiger partial charge on any atom is -0.316 e. The lowest BCUT2D eigenvalue weighted by atomic mass is 9.96. The maximum absolute atomic E-state index is 4.32. The molecule has 0 spiro atoms. The lowest BCUT2D eigenvalue weighted by molar-refractivity contribution is 0.110. The maximum Gasteiger partial charge on any atom is 0.140 e. The summed E-state index contributed by atoms with van der Waals surface area (Å²) in [4.78, 5) is 6.86. The van der Waals surface area contributed by atoms with Crippen LogP contribution in [-0.2, 0) is 13.6 Å². The van der Waals surface area contributed by atoms with Gasteiger partial charge in [-0.3, -0.25) is 9.58 Å². The quantitative estimate of drug-likeness (QED) is 0.840. The van der Waals surface area contributed by atoms with Crippen LogP contribution >= 0.6 is 0 Å². The second kappa shape index (κ2) is 5.60. The highest BCUT2D eigenvalue weighted by molar-refractivity contribution is 4.90. The third-order valence-corrected chi connectivity index (χ3v) is 3.85. The normalized spacial score (nSPS) is 23.8. The highest BCUT2D eigenvalue weighted by Crippen LogP contribution is 2.21. The van der Waals surface area contributed by atoms with Gasteiger partial charge in [-0.2, -0.15) is 5.10 Å². The van der Waals surface area contributed by atoms with Crippen molar-refractivity contribution >= 4 is 0 Å². The van der Waals surface area contributed by atoms with E-state index in [0.29, 0.717) is 12.1 Å². The molecule has 0 amide bonds. The Hall–Kier alpha value is -0.940. The van der Waals surface area contributed by atoms with Gasteiger partial charge in [-0.05, 0) is 33.4 Å². The highest BCUT2D eigenvalue weighted by atomic mass is 15.3. The van der Waals surface area contributed by atoms with E-state index < -0.39 is 0 Å². The summed E-state index contributed by atoms with van der Waals surface area (Å²) in [6.45, 7) is 4.34. The van der Waals surface area contributed by atoms with E-state index in [4.69, 9.17) is 0 Å². The van der Waals surface area contributed by atoms with Crippen molar-refractivity contribution in [3.63, 3.8) is 0 Å². The first kappa shape index (κ1) is 12.5. The summed E-state index contributed by atoms with van der Waals surface area (Å²) in [6, 6.07) is 1.15. The molecule has 0 bridgehead atoms. The molecule has 17 heavy (non-hydrogen) atoms. The molecule has 1 saturated heterocycles. The largest absolute Gasteiger partial charge is 0.316 e. The standard InChI is InChI=1S/C12H23N5/c1-10(13-2)11-6-4-5-7-17(11)8-12-14-9-15-16(12)3/h9-11,13H,4-8H2,1-3H3. The smallest absolute Gasteiger partial charge is 0.140 e. The molecule has 0 saturated carbocycles. The zero-order valence-electron chi connectivity index (χ0n) is 11.1. The Balaban J connectivity index is 2.04. The van der Waals surface area contributed by atoms with Gasteiger partial charge < -0.3 is 5.32 Å². The molecule has 2 unspecified atom stereocenters. The number of rotatable bonds is 4. The van der Waals surface area contributed by atoms with Crippen LogP contribution in [0.5, 0.6) is 0 Å². The van der Waals surface area contributed by atoms with Gasteiger partial charge in [0.05, 0.1) is 6.54 Å². The Morgan fingerprint density at radius 3 is 3.00 bits per heavy atom. The predicted molar refractivity (Wildman–Crippen MR) is 67.6 cm³/mol. The minimum absolute atomic E-state index is 0.531. The fourth-order valence-electron chi connectivity index (χ4n) is 2.62. The monoisotopic (exact) mass is 237 g/mol. The number of aryl methyl sites for hydroxylation is 1. The summed E-state index contributed by atoms with van der Waals surface area (Å²) < 4.78 is 1.87. The average Bonchev–Trinajstić information content (AvgIpc) is 2.75. The van der Waals surface area contributed by atoms with E-state index >= 15 is 0 Å². The molecular formula is C12H23N5. The second-order valence-corrected chi connectivity index (χ2v) is 4.91. The van der Waals surface area contributed by atoms with Crippen LogP contribution in [0.15, 0.2) is 6.33 Å². The number of aromatic nitrogens is 3. The van der Waals surface area contributed by atoms with Gasteiger partial charge in [0.15, 0.2) is 0 Å². The third kappa shape index (κ3) is 2.84. The lowest BCUT2D eigenvalue weighted by Gasteiger charge is -2.38. The third-order valence-electron chi connectivity index (χ3n) is 3.85. The van der Waals surface area contributed by atoms with Crippen LogP contribution in [0.3, 0.4) is 0 Å². The zero-order valence-corrected chi connectivity index (χ0v) is 11.1. The Morgan fingerprint density at radius 2 is 2.35 bits per heavy atom. The van der Waals surface area contributed by atoms with E-state index in [1.54, 1.807) is 6.33 Å². The van der Waals surface area contributed by atoms with Crippen molar-refractivity contribution in [2.75, 3.05) is 13.6 Å². The maximum atomic E-state index is 4.32. The molecule has 0 aliphatic carbocycles. The molecule has 1 aliphatic rings. The van der Waals surface area contributed by atoms with E-state index in [0.717, 1.165) is 12.4 Å². The number of piperidine rings is 1. The molecule has 1 aliphatic heterocycles. The van der Waals surface area contributed by atoms with Gasteiger partial charge in [0.1, 0.15) is 12.2 Å². The summed E-state index contributed by atoms with van der Waals surface area (Å²) in [5.74, 6) is 1.06. The summed E-state index contributed by atoms with van der Waals surface area (Å²) in [5, 5.41) is 7.51. The number of hydrogen-bond acceptors (Lipinski definition) is 4. The molecule has 1 N–H and O–H groups in total. The Morgan fingerprint density at radius 1 is 1.53 bits per heavy atom. The topological polar surface area (TPSA) is 46.0 Å². The van der Waals surface area contributed by atoms with Crippen molar-refractivity contribution in [2.45, 2.75) is 44.8 Å². The molecule has 1 aromatic rings. The predicted octanol–water partition coefficient (Wildman–Crippen LogP) is 0.777. The van der Waals surface area contributed by atoms with E-state index in [-0.39, 0.29) is 0 Å². The van der Waals surface area contributed by atoms with Crippen LogP contribution in [0.4, 0.5) is 0 Å². The molecule has 1 aromatic heterocycles. The first-order valence-corrected chi connectivity index (χ1v) is 6.46. The van der Waals surface area contributed by atoms with Crippen LogP contribution in [0.2, 0.25) is 0 Å². The van der Waals surface area contributed by atoms with Crippen molar-refractivity contribution in [1.82, 2.24) is 25.0 Å². The molecule has 5 nitrogen and oxygen atoms in total. The molecule has 5 heteroatoms. The average molecular weight is 237 g/mol. The van der Waals surface area contributed by atoms with Crippen LogP contribution < -0.4 is 5.32 Å². The van der Waals surface area contributed by atoms with Gasteiger partial charge in [-0.15, -0.1) is 0 Å². The van der Waals surface area contributed by atoms with Crippen molar-refractivity contribution in [3.05, 3.63) is 12.2 Å². The Kier molecular flexibility index (Phi) is 4.12. The molecule has 2 atom stereocenters. The van der Waals surface area contributed by atoms with Gasteiger partial charge in [0, 0.05) is 19.1 Å². The SMILES string of the molecule is CNC(C)C1CCCCN1Cc1ncnn1C. The molecule has 0 radical (unpaired) electrons. The van der Waals surface area contributed by atoms with Crippen molar-refractivity contribution in [1.29, 1.82) is 0 Å². The second-order valence-electron chi connectivity index (χ2n) is 4.91. The van der Waals surface area contributed by atoms with Crippen LogP contribution in [0.1, 0.15) is 32.0 Å². The van der Waals surface area contributed by atoms with Gasteiger partial charge in [-0.25, -0.2) is 4.98 Å². The number of likely N-dealkylation sites (N-methyl/N-ethyl adjacent to an activating group) is 1. The van der Waals surface area contributed by atoms with E-state index in [9.17, 15) is 0 Å². The Labute approximate surface area is 103 Å². The first-order valence-electron chi connectivity index (χ1n) is 6.46. The molecule has 96 valence electrons. The number of hydrogen-bond donors (Lipinski definition) is 1. The first-order chi connectivity index (χ1) is 8.22. The van der Waals surface area contributed by atoms with Crippen LogP contribution in [0, 0.1) is 0 Å². The van der Waals surface area contributed by atoms with Gasteiger partial charge in [0.25, 0.3) is 0 Å². The number of nitrogens with one attached hydrogen (secondary N) is 1. The van der Waals surface area contributed by atoms with E-state index in [1.807, 2.05) is 18.8 Å². The number of likely N-dealkylation sites (tertiary alicyclic amines) is 1. The number of nitrogens with zero attached hydrogens (tertiary/aromatic N) is 4. The van der Waals surface area contributed by atoms with Gasteiger partial charge in [0.2, 0.25) is 0 Å². The lowest BCUT2D eigenvalue weighted by Crippen LogP contribution is -2.49. The van der Waals surface area contributed by atoms with Crippen molar-refractivity contribution < 1.29 is 0 Å². The van der Waals surface area contributed by atoms with Gasteiger partial charge in [-0.1, -0.05) is 6.42 Å². The fraction of sp³-hybridized carbons (Fsp3) is 0.833. The summed E-state index contributed by atoms with van der Waals surface area (Å²) >= 11 is 0. The summed E-state index contributed by atoms with van der Waals surface area (Å²) in [6.07, 6.45) is 5.55. The fourth-order valence-corrected chi connectivity index (χ4v) is 2.62. The zero-order chi connectivity index (χ0) is 12.3. The van der Waals surface area contributed by atoms with Crippen molar-refractivity contribution in [3.8, 4) is 0 Å². The highest BCUT2D eigenvalue weighted by Gasteiger charge is 2.27. The molecular weight excluding hydrogens is 214 g/mol. The molecule has 2 rings (SSSR count). The van der Waals surface area contributed by atoms with E-state index in [1.165, 1.54) is 25.8 Å². The van der Waals surface area contributed by atoms with Crippen molar-refractivity contribution in [2.24, 2.45) is 7.05 Å². The van der Waals surface area contributed by atoms with Gasteiger partial charge >= 0.3 is 0 Å². The van der Waals surface area contributed by atoms with Crippen LogP contribution in [-0.4, -0.2) is 45.3 Å². The summed E-state index contributed by atoms with van der Waals surface area (Å²) in [5.41, 5.74) is 0. The molecule has 0 aromatic carbocycles. The van der Waals surface area contributed by atoms with Crippen LogP contribution in [0.25, 0.3) is 0 Å². The van der Waals surface area contributed by atoms with E-state index in [2.05, 4.69) is 27.2 Å². The minimum atomic E-state index is 0.531. The Bertz CT molecular complexity index is 348. The molecule has 2 heterocycles. The molecule has 1 fully saturated rings. The summed E-state index contributed by atoms with van der Waals surface area (Å²) in [7, 11) is 4.00.